The van der Waals surface area contributed by atoms with E-state index in [2.05, 4.69) is 20.6 Å². The van der Waals surface area contributed by atoms with Crippen molar-refractivity contribution in [3.8, 4) is 11.1 Å². The Labute approximate surface area is 199 Å². The van der Waals surface area contributed by atoms with E-state index in [9.17, 15) is 4.79 Å². The molecule has 3 rings (SSSR count). The number of halogens is 3. The van der Waals surface area contributed by atoms with E-state index in [4.69, 9.17) is 17.3 Å². The number of amides is 1. The molecule has 4 N–H and O–H groups in total. The number of nitrogens with two attached hydrogens (primary N) is 1. The molecule has 0 unspecified atom stereocenters. The fourth-order valence-corrected chi connectivity index (χ4v) is 2.91. The number of hydrogen-bond donors (Lipinski definition) is 3. The second kappa shape index (κ2) is 12.3. The third-order valence-electron chi connectivity index (χ3n) is 4.23. The van der Waals surface area contributed by atoms with Gasteiger partial charge in [-0.2, -0.15) is 4.98 Å². The van der Waals surface area contributed by atoms with Crippen molar-refractivity contribution in [3.63, 3.8) is 0 Å². The summed E-state index contributed by atoms with van der Waals surface area (Å²) in [7, 11) is 3.92. The number of carbonyl (C=O) groups excluding carboxylic acids is 1. The van der Waals surface area contributed by atoms with Crippen LogP contribution in [0.2, 0.25) is 5.02 Å². The molecule has 0 spiro atoms. The molecule has 0 saturated heterocycles. The first-order chi connectivity index (χ1) is 13.9. The molecule has 0 atom stereocenters. The molecule has 1 amide bonds. The van der Waals surface area contributed by atoms with E-state index < -0.39 is 0 Å². The first-order valence-electron chi connectivity index (χ1n) is 9.11. The molecule has 31 heavy (non-hydrogen) atoms. The van der Waals surface area contributed by atoms with Gasteiger partial charge in [-0.3, -0.25) is 4.79 Å². The Bertz CT molecular complexity index is 999. The summed E-state index contributed by atoms with van der Waals surface area (Å²) in [6.07, 6.45) is 1.64. The topological polar surface area (TPSA) is 96.2 Å². The van der Waals surface area contributed by atoms with Crippen molar-refractivity contribution in [1.29, 1.82) is 0 Å². The van der Waals surface area contributed by atoms with Crippen molar-refractivity contribution in [3.05, 3.63) is 65.3 Å². The van der Waals surface area contributed by atoms with Gasteiger partial charge in [0.25, 0.3) is 5.91 Å². The number of nitrogens with one attached hydrogen (secondary N) is 2. The van der Waals surface area contributed by atoms with Crippen molar-refractivity contribution in [1.82, 2.24) is 20.2 Å². The Kier molecular flexibility index (Phi) is 10.5. The summed E-state index contributed by atoms with van der Waals surface area (Å²) in [6, 6.07) is 14.5. The molecule has 2 aromatic carbocycles. The molecule has 0 aliphatic rings. The van der Waals surface area contributed by atoms with E-state index >= 15 is 0 Å². The van der Waals surface area contributed by atoms with Gasteiger partial charge in [-0.25, -0.2) is 4.98 Å². The molecule has 0 radical (unpaired) electrons. The SMILES string of the molecule is CN(C)CCNC(=O)c1ccc(Nc2ncc(-c3ccccc3Cl)c(N)n2)cc1.Cl.Cl. The van der Waals surface area contributed by atoms with Gasteiger partial charge in [0.05, 0.1) is 0 Å². The van der Waals surface area contributed by atoms with Crippen LogP contribution in [0.25, 0.3) is 11.1 Å². The number of likely N-dealkylation sites (N-methyl/N-ethyl adjacent to an activating group) is 1. The van der Waals surface area contributed by atoms with Gasteiger partial charge in [-0.1, -0.05) is 29.8 Å². The Hall–Kier alpha value is -2.58. The van der Waals surface area contributed by atoms with Crippen LogP contribution in [0.3, 0.4) is 0 Å². The van der Waals surface area contributed by atoms with Gasteiger partial charge >= 0.3 is 0 Å². The molecule has 1 aromatic heterocycles. The molecular weight excluding hydrogens is 459 g/mol. The molecule has 0 fully saturated rings. The summed E-state index contributed by atoms with van der Waals surface area (Å²) in [5, 5.41) is 6.55. The number of carbonyl (C=O) groups is 1. The summed E-state index contributed by atoms with van der Waals surface area (Å²) in [5.74, 6) is 0.581. The molecule has 0 aliphatic heterocycles. The smallest absolute Gasteiger partial charge is 0.251 e. The van der Waals surface area contributed by atoms with E-state index in [-0.39, 0.29) is 30.7 Å². The number of aromatic nitrogens is 2. The zero-order valence-corrected chi connectivity index (χ0v) is 19.5. The molecule has 166 valence electrons. The lowest BCUT2D eigenvalue weighted by Gasteiger charge is -2.11. The largest absolute Gasteiger partial charge is 0.383 e. The lowest BCUT2D eigenvalue weighted by atomic mass is 10.1. The highest BCUT2D eigenvalue weighted by molar-refractivity contribution is 6.33. The standard InChI is InChI=1S/C21H23ClN6O.2ClH/c1-28(2)12-11-24-20(29)14-7-9-15(10-8-14)26-21-25-13-17(19(23)27-21)16-5-3-4-6-18(16)22;;/h3-10,13H,11-12H2,1-2H3,(H,24,29)(H3,23,25,26,27);2*1H. The van der Waals surface area contributed by atoms with Gasteiger partial charge in [0, 0.05) is 46.7 Å². The quantitative estimate of drug-likeness (QED) is 0.465. The lowest BCUT2D eigenvalue weighted by molar-refractivity contribution is 0.0951. The normalized spacial score (nSPS) is 10.1. The number of rotatable bonds is 7. The third-order valence-corrected chi connectivity index (χ3v) is 4.56. The van der Waals surface area contributed by atoms with Crippen LogP contribution in [0.15, 0.2) is 54.7 Å². The number of anilines is 3. The molecule has 0 saturated carbocycles. The number of benzene rings is 2. The average molecular weight is 484 g/mol. The number of hydrogen-bond acceptors (Lipinski definition) is 6. The molecule has 1 heterocycles. The summed E-state index contributed by atoms with van der Waals surface area (Å²) in [5.41, 5.74) is 8.89. The van der Waals surface area contributed by atoms with Gasteiger partial charge in [-0.05, 0) is 44.4 Å². The maximum Gasteiger partial charge on any atom is 0.251 e. The molecule has 7 nitrogen and oxygen atoms in total. The van der Waals surface area contributed by atoms with Crippen LogP contribution < -0.4 is 16.4 Å². The number of nitrogen functional groups attached to an aromatic ring is 1. The summed E-state index contributed by atoms with van der Waals surface area (Å²) in [4.78, 5) is 22.8. The summed E-state index contributed by atoms with van der Waals surface area (Å²) < 4.78 is 0. The monoisotopic (exact) mass is 482 g/mol. The van der Waals surface area contributed by atoms with Crippen molar-refractivity contribution in [2.45, 2.75) is 0 Å². The Morgan fingerprint density at radius 3 is 2.35 bits per heavy atom. The van der Waals surface area contributed by atoms with Gasteiger partial charge < -0.3 is 21.3 Å². The second-order valence-corrected chi connectivity index (χ2v) is 7.14. The maximum atomic E-state index is 12.1. The summed E-state index contributed by atoms with van der Waals surface area (Å²) in [6.45, 7) is 1.38. The van der Waals surface area contributed by atoms with Crippen LogP contribution in [-0.4, -0.2) is 48.0 Å². The van der Waals surface area contributed by atoms with E-state index in [0.29, 0.717) is 34.5 Å². The highest BCUT2D eigenvalue weighted by atomic mass is 35.5. The Morgan fingerprint density at radius 2 is 1.74 bits per heavy atom. The highest BCUT2D eigenvalue weighted by Gasteiger charge is 2.10. The minimum atomic E-state index is -0.108. The minimum Gasteiger partial charge on any atom is -0.383 e. The molecular formula is C21H25Cl3N6O. The second-order valence-electron chi connectivity index (χ2n) is 6.73. The Morgan fingerprint density at radius 1 is 1.06 bits per heavy atom. The maximum absolute atomic E-state index is 12.1. The summed E-state index contributed by atoms with van der Waals surface area (Å²) >= 11 is 6.23. The van der Waals surface area contributed by atoms with E-state index in [1.807, 2.05) is 37.2 Å². The van der Waals surface area contributed by atoms with Crippen molar-refractivity contribution < 1.29 is 4.79 Å². The fourth-order valence-electron chi connectivity index (χ4n) is 2.67. The van der Waals surface area contributed by atoms with Crippen molar-refractivity contribution >= 4 is 59.8 Å². The van der Waals surface area contributed by atoms with Gasteiger partial charge in [-0.15, -0.1) is 24.8 Å². The van der Waals surface area contributed by atoms with Crippen molar-refractivity contribution in [2.24, 2.45) is 0 Å². The fraction of sp³-hybridized carbons (Fsp3) is 0.190. The number of nitrogens with zero attached hydrogens (tertiary/aromatic N) is 3. The van der Waals surface area contributed by atoms with Crippen LogP contribution >= 0.6 is 36.4 Å². The lowest BCUT2D eigenvalue weighted by Crippen LogP contribution is -2.31. The average Bonchev–Trinajstić information content (AvgIpc) is 2.69. The third kappa shape index (κ3) is 7.25. The van der Waals surface area contributed by atoms with E-state index in [1.54, 1.807) is 36.5 Å². The minimum absolute atomic E-state index is 0. The highest BCUT2D eigenvalue weighted by Crippen LogP contribution is 2.31. The zero-order valence-electron chi connectivity index (χ0n) is 17.1. The first-order valence-corrected chi connectivity index (χ1v) is 9.49. The van der Waals surface area contributed by atoms with Crippen LogP contribution in [0.4, 0.5) is 17.5 Å². The van der Waals surface area contributed by atoms with Crippen LogP contribution in [0.1, 0.15) is 10.4 Å². The molecule has 3 aromatic rings. The van der Waals surface area contributed by atoms with Crippen molar-refractivity contribution in [2.75, 3.05) is 38.2 Å². The van der Waals surface area contributed by atoms with Gasteiger partial charge in [0.2, 0.25) is 5.95 Å². The van der Waals surface area contributed by atoms with E-state index in [1.165, 1.54) is 0 Å². The first kappa shape index (κ1) is 26.5. The van der Waals surface area contributed by atoms with Crippen LogP contribution in [0, 0.1) is 0 Å². The molecule has 0 aliphatic carbocycles. The molecule has 0 bridgehead atoms. The molecule has 10 heteroatoms. The van der Waals surface area contributed by atoms with E-state index in [0.717, 1.165) is 17.8 Å². The van der Waals surface area contributed by atoms with Crippen LogP contribution in [-0.2, 0) is 0 Å². The van der Waals surface area contributed by atoms with Crippen LogP contribution in [0.5, 0.6) is 0 Å². The van der Waals surface area contributed by atoms with Gasteiger partial charge in [0.15, 0.2) is 0 Å². The Balaban J connectivity index is 0.00000240. The van der Waals surface area contributed by atoms with Gasteiger partial charge in [0.1, 0.15) is 5.82 Å². The predicted molar refractivity (Wildman–Crippen MR) is 132 cm³/mol. The zero-order chi connectivity index (χ0) is 20.8. The predicted octanol–water partition coefficient (Wildman–Crippen LogP) is 4.26.